The highest BCUT2D eigenvalue weighted by Gasteiger charge is 2.23. The highest BCUT2D eigenvalue weighted by atomic mass is 79.9. The molecule has 0 unspecified atom stereocenters. The number of aromatic nitrogens is 2. The molecule has 184 valence electrons. The van der Waals surface area contributed by atoms with Gasteiger partial charge in [-0.15, -0.1) is 0 Å². The first-order valence-corrected chi connectivity index (χ1v) is 12.1. The zero-order valence-corrected chi connectivity index (χ0v) is 21.9. The summed E-state index contributed by atoms with van der Waals surface area (Å²) < 4.78 is 7.74. The van der Waals surface area contributed by atoms with E-state index in [-0.39, 0.29) is 23.6 Å². The average molecular weight is 549 g/mol. The van der Waals surface area contributed by atoms with Crippen LogP contribution in [-0.4, -0.2) is 20.8 Å². The largest absolute Gasteiger partial charge is 0.482 e. The molecule has 0 atom stereocenters. The van der Waals surface area contributed by atoms with Crippen LogP contribution in [0.2, 0.25) is 0 Å². The van der Waals surface area contributed by atoms with Crippen molar-refractivity contribution in [3.05, 3.63) is 108 Å². The molecule has 0 fully saturated rings. The van der Waals surface area contributed by atoms with E-state index >= 15 is 0 Å². The molecule has 0 bridgehead atoms. The van der Waals surface area contributed by atoms with Crippen molar-refractivity contribution in [2.75, 3.05) is 0 Å². The van der Waals surface area contributed by atoms with Gasteiger partial charge in [0.05, 0.1) is 22.0 Å². The molecule has 0 saturated heterocycles. The Balaban J connectivity index is 1.70. The van der Waals surface area contributed by atoms with Crippen LogP contribution in [0.25, 0.3) is 10.9 Å². The van der Waals surface area contributed by atoms with E-state index in [0.29, 0.717) is 22.3 Å². The molecule has 0 aliphatic carbocycles. The Labute approximate surface area is 216 Å². The Morgan fingerprint density at radius 1 is 1.11 bits per heavy atom. The fourth-order valence-electron chi connectivity index (χ4n) is 3.59. The standard InChI is InChI=1S/C27H25BrN4O4/c1-17-5-7-18(8-6-17)16-36-24-12-9-19(13-23(24)32(34)35)15-29-31-25(33)21-14-20(28)10-11-22(21)30-26(31)27(2,3)4/h5-15H,16H2,1-4H3. The Hall–Kier alpha value is -3.85. The number of hydrogen-bond acceptors (Lipinski definition) is 6. The molecule has 0 aliphatic rings. The fraction of sp³-hybridized carbons (Fsp3) is 0.222. The van der Waals surface area contributed by atoms with Gasteiger partial charge in [-0.2, -0.15) is 9.78 Å². The summed E-state index contributed by atoms with van der Waals surface area (Å²) in [6.07, 6.45) is 1.42. The minimum absolute atomic E-state index is 0.155. The summed E-state index contributed by atoms with van der Waals surface area (Å²) in [5.41, 5.74) is 2.07. The number of nitro benzene ring substituents is 1. The number of aryl methyl sites for hydroxylation is 1. The predicted molar refractivity (Wildman–Crippen MR) is 144 cm³/mol. The number of nitrogens with zero attached hydrogens (tertiary/aromatic N) is 4. The van der Waals surface area contributed by atoms with E-state index in [2.05, 4.69) is 26.0 Å². The lowest BCUT2D eigenvalue weighted by Gasteiger charge is -2.20. The van der Waals surface area contributed by atoms with Crippen LogP contribution in [0, 0.1) is 17.0 Å². The summed E-state index contributed by atoms with van der Waals surface area (Å²) in [4.78, 5) is 29.2. The third kappa shape index (κ3) is 5.52. The van der Waals surface area contributed by atoms with Crippen molar-refractivity contribution in [2.45, 2.75) is 39.7 Å². The second-order valence-corrected chi connectivity index (χ2v) is 10.4. The molecule has 9 heteroatoms. The van der Waals surface area contributed by atoms with Crippen molar-refractivity contribution >= 4 is 38.7 Å². The van der Waals surface area contributed by atoms with Gasteiger partial charge in [0.2, 0.25) is 0 Å². The number of benzene rings is 3. The Kier molecular flexibility index (Phi) is 7.03. The first kappa shape index (κ1) is 25.2. The summed E-state index contributed by atoms with van der Waals surface area (Å²) in [7, 11) is 0. The van der Waals surface area contributed by atoms with E-state index in [1.54, 1.807) is 18.2 Å². The maximum Gasteiger partial charge on any atom is 0.311 e. The summed E-state index contributed by atoms with van der Waals surface area (Å²) in [6.45, 7) is 8.02. The summed E-state index contributed by atoms with van der Waals surface area (Å²) >= 11 is 3.39. The molecule has 36 heavy (non-hydrogen) atoms. The van der Waals surface area contributed by atoms with Crippen molar-refractivity contribution in [1.29, 1.82) is 0 Å². The molecule has 0 radical (unpaired) electrons. The van der Waals surface area contributed by atoms with E-state index in [1.807, 2.05) is 58.0 Å². The van der Waals surface area contributed by atoms with E-state index < -0.39 is 10.3 Å². The number of hydrogen-bond donors (Lipinski definition) is 0. The first-order chi connectivity index (χ1) is 17.0. The van der Waals surface area contributed by atoms with Crippen LogP contribution < -0.4 is 10.3 Å². The summed E-state index contributed by atoms with van der Waals surface area (Å²) in [6, 6.07) is 17.6. The van der Waals surface area contributed by atoms with Crippen molar-refractivity contribution in [3.8, 4) is 5.75 Å². The molecule has 8 nitrogen and oxygen atoms in total. The van der Waals surface area contributed by atoms with E-state index in [1.165, 1.54) is 23.0 Å². The average Bonchev–Trinajstić information content (AvgIpc) is 2.83. The first-order valence-electron chi connectivity index (χ1n) is 11.3. The molecular formula is C27H25BrN4O4. The van der Waals surface area contributed by atoms with Gasteiger partial charge < -0.3 is 4.74 Å². The minimum atomic E-state index is -0.496. The topological polar surface area (TPSA) is 99.6 Å². The van der Waals surface area contributed by atoms with Gasteiger partial charge in [0.1, 0.15) is 12.4 Å². The van der Waals surface area contributed by atoms with E-state index in [0.717, 1.165) is 15.6 Å². The number of nitro groups is 1. The number of rotatable bonds is 6. The summed E-state index contributed by atoms with van der Waals surface area (Å²) in [5.74, 6) is 0.633. The Morgan fingerprint density at radius 3 is 2.50 bits per heavy atom. The lowest BCUT2D eigenvalue weighted by atomic mass is 9.95. The van der Waals surface area contributed by atoms with Crippen LogP contribution in [0.4, 0.5) is 5.69 Å². The number of ether oxygens (including phenoxy) is 1. The van der Waals surface area contributed by atoms with Gasteiger partial charge in [0.25, 0.3) is 5.56 Å². The highest BCUT2D eigenvalue weighted by molar-refractivity contribution is 9.10. The quantitative estimate of drug-likeness (QED) is 0.164. The van der Waals surface area contributed by atoms with Crippen molar-refractivity contribution in [3.63, 3.8) is 0 Å². The van der Waals surface area contributed by atoms with E-state index in [4.69, 9.17) is 4.74 Å². The molecule has 0 aliphatic heterocycles. The number of fused-ring (bicyclic) bond motifs is 1. The highest BCUT2D eigenvalue weighted by Crippen LogP contribution is 2.29. The predicted octanol–water partition coefficient (Wildman–Crippen LogP) is 6.13. The zero-order valence-electron chi connectivity index (χ0n) is 20.4. The third-order valence-electron chi connectivity index (χ3n) is 5.50. The van der Waals surface area contributed by atoms with Crippen molar-refractivity contribution in [1.82, 2.24) is 9.66 Å². The Morgan fingerprint density at radius 2 is 1.83 bits per heavy atom. The third-order valence-corrected chi connectivity index (χ3v) is 5.99. The summed E-state index contributed by atoms with van der Waals surface area (Å²) in [5, 5.41) is 16.5. The normalized spacial score (nSPS) is 11.8. The molecule has 0 saturated carbocycles. The van der Waals surface area contributed by atoms with Gasteiger partial charge in [-0.3, -0.25) is 14.9 Å². The lowest BCUT2D eigenvalue weighted by Crippen LogP contribution is -2.29. The van der Waals surface area contributed by atoms with Gasteiger partial charge in [-0.05, 0) is 42.8 Å². The molecule has 0 N–H and O–H groups in total. The second-order valence-electron chi connectivity index (χ2n) is 9.47. The second kappa shape index (κ2) is 10.0. The SMILES string of the molecule is Cc1ccc(COc2ccc(C=Nn3c(C(C)(C)C)nc4ccc(Br)cc4c3=O)cc2[N+](=O)[O-])cc1. The van der Waals surface area contributed by atoms with Crippen LogP contribution in [0.15, 0.2) is 75.0 Å². The van der Waals surface area contributed by atoms with Gasteiger partial charge in [-0.1, -0.05) is 66.5 Å². The molecular weight excluding hydrogens is 524 g/mol. The van der Waals surface area contributed by atoms with Crippen LogP contribution in [0.1, 0.15) is 43.3 Å². The van der Waals surface area contributed by atoms with Crippen LogP contribution >= 0.6 is 15.9 Å². The van der Waals surface area contributed by atoms with Gasteiger partial charge >= 0.3 is 5.69 Å². The molecule has 4 rings (SSSR count). The molecule has 0 amide bonds. The van der Waals surface area contributed by atoms with Crippen LogP contribution in [-0.2, 0) is 12.0 Å². The van der Waals surface area contributed by atoms with Gasteiger partial charge in [0, 0.05) is 21.5 Å². The zero-order chi connectivity index (χ0) is 26.0. The fourth-order valence-corrected chi connectivity index (χ4v) is 3.95. The van der Waals surface area contributed by atoms with Crippen molar-refractivity contribution < 1.29 is 9.66 Å². The number of halogens is 1. The smallest absolute Gasteiger partial charge is 0.311 e. The van der Waals surface area contributed by atoms with Crippen LogP contribution in [0.5, 0.6) is 5.75 Å². The van der Waals surface area contributed by atoms with E-state index in [9.17, 15) is 14.9 Å². The maximum absolute atomic E-state index is 13.3. The Bertz CT molecular complexity index is 1540. The maximum atomic E-state index is 13.3. The minimum Gasteiger partial charge on any atom is -0.482 e. The van der Waals surface area contributed by atoms with Crippen molar-refractivity contribution in [2.24, 2.45) is 5.10 Å². The lowest BCUT2D eigenvalue weighted by molar-refractivity contribution is -0.385. The molecule has 3 aromatic carbocycles. The van der Waals surface area contributed by atoms with Gasteiger partial charge in [0.15, 0.2) is 5.75 Å². The monoisotopic (exact) mass is 548 g/mol. The molecule has 1 heterocycles. The molecule has 4 aromatic rings. The molecule has 0 spiro atoms. The molecule has 1 aromatic heterocycles. The van der Waals surface area contributed by atoms with Crippen LogP contribution in [0.3, 0.4) is 0 Å². The van der Waals surface area contributed by atoms with Gasteiger partial charge in [-0.25, -0.2) is 4.98 Å².